The van der Waals surface area contributed by atoms with Gasteiger partial charge in [0, 0.05) is 2.85 Å². The summed E-state index contributed by atoms with van der Waals surface area (Å²) in [6.07, 6.45) is 2.64. The molecular formula is C4H18AlNa. The van der Waals surface area contributed by atoms with Crippen molar-refractivity contribution < 1.29 is 33.8 Å². The van der Waals surface area contributed by atoms with E-state index in [1.807, 2.05) is 0 Å². The van der Waals surface area contributed by atoms with Gasteiger partial charge >= 0.3 is 29.6 Å². The summed E-state index contributed by atoms with van der Waals surface area (Å²) >= 11 is 0. The molecule has 0 heterocycles. The molecule has 0 rings (SSSR count). The number of rotatable bonds is 1. The van der Waals surface area contributed by atoms with Crippen LogP contribution >= 0.6 is 0 Å². The van der Waals surface area contributed by atoms with Gasteiger partial charge in [-0.1, -0.05) is 26.7 Å². The molecule has 0 saturated carbocycles. The van der Waals surface area contributed by atoms with E-state index in [9.17, 15) is 0 Å². The molecule has 0 bridgehead atoms. The van der Waals surface area contributed by atoms with Crippen LogP contribution in [0, 0.1) is 0 Å². The minimum atomic E-state index is 0. The summed E-state index contributed by atoms with van der Waals surface area (Å²) in [5, 5.41) is 0. The molecule has 0 atom stereocenters. The van der Waals surface area contributed by atoms with Crippen molar-refractivity contribution >= 4 is 17.4 Å². The van der Waals surface area contributed by atoms with Crippen LogP contribution in [0.25, 0.3) is 0 Å². The molecule has 2 heteroatoms. The molecule has 0 unspecified atom stereocenters. The zero-order valence-electron chi connectivity index (χ0n) is 5.41. The Labute approximate surface area is 77.6 Å². The topological polar surface area (TPSA) is 0 Å². The molecule has 0 saturated heterocycles. The Morgan fingerprint density at radius 3 is 1.50 bits per heavy atom. The Morgan fingerprint density at radius 1 is 1.33 bits per heavy atom. The monoisotopic (exact) mass is 116 g/mol. The van der Waals surface area contributed by atoms with Crippen molar-refractivity contribution in [2.24, 2.45) is 0 Å². The third kappa shape index (κ3) is 17.7. The van der Waals surface area contributed by atoms with Crippen molar-refractivity contribution in [1.29, 1.82) is 0 Å². The van der Waals surface area contributed by atoms with Crippen molar-refractivity contribution in [3.05, 3.63) is 0 Å². The molecule has 0 fully saturated rings. The second-order valence-electron chi connectivity index (χ2n) is 1.000. The molecule has 0 amide bonds. The fourth-order valence-electron chi connectivity index (χ4n) is 0. The number of unbranched alkanes of at least 4 members (excludes halogenated alkanes) is 1. The van der Waals surface area contributed by atoms with E-state index in [2.05, 4.69) is 13.8 Å². The average molecular weight is 116 g/mol. The average Bonchev–Trinajstić information content (AvgIpc) is 1.37. The SMILES string of the molecule is CCCC.[AlH3].[H-].[HH].[HH].[Na+]. The second-order valence-corrected chi connectivity index (χ2v) is 1.000. The zero-order valence-corrected chi connectivity index (χ0v) is 6.41. The van der Waals surface area contributed by atoms with Crippen LogP contribution in [0.1, 0.15) is 31.0 Å². The summed E-state index contributed by atoms with van der Waals surface area (Å²) in [7, 11) is 0. The summed E-state index contributed by atoms with van der Waals surface area (Å²) in [5.41, 5.74) is 0. The fraction of sp³-hybridized carbons (Fsp3) is 1.00. The van der Waals surface area contributed by atoms with Gasteiger partial charge in [-0.3, -0.25) is 0 Å². The molecule has 0 aromatic heterocycles. The third-order valence-electron chi connectivity index (χ3n) is 0.500. The molecule has 0 aliphatic carbocycles. The normalized spacial score (nSPS) is 5.00. The van der Waals surface area contributed by atoms with Crippen LogP contribution < -0.4 is 29.6 Å². The summed E-state index contributed by atoms with van der Waals surface area (Å²) in [6, 6.07) is 0. The van der Waals surface area contributed by atoms with E-state index >= 15 is 0 Å². The van der Waals surface area contributed by atoms with Crippen molar-refractivity contribution in [2.75, 3.05) is 0 Å². The van der Waals surface area contributed by atoms with E-state index in [0.717, 1.165) is 0 Å². The molecule has 6 heavy (non-hydrogen) atoms. The first-order valence-electron chi connectivity index (χ1n) is 1.91. The van der Waals surface area contributed by atoms with Crippen molar-refractivity contribution in [3.63, 3.8) is 0 Å². The largest absolute Gasteiger partial charge is 1.00 e. The van der Waals surface area contributed by atoms with Gasteiger partial charge in [-0.2, -0.15) is 0 Å². The minimum absolute atomic E-state index is 0. The maximum absolute atomic E-state index is 2.18. The van der Waals surface area contributed by atoms with Gasteiger partial charge in [0.15, 0.2) is 17.4 Å². The van der Waals surface area contributed by atoms with E-state index in [4.69, 9.17) is 0 Å². The Balaban J connectivity index is -0.00000000450. The van der Waals surface area contributed by atoms with Gasteiger partial charge in [0.2, 0.25) is 0 Å². The van der Waals surface area contributed by atoms with Crippen molar-refractivity contribution in [3.8, 4) is 0 Å². The van der Waals surface area contributed by atoms with Gasteiger partial charge in [0.25, 0.3) is 0 Å². The summed E-state index contributed by atoms with van der Waals surface area (Å²) in [6.45, 7) is 4.36. The van der Waals surface area contributed by atoms with Gasteiger partial charge in [-0.05, 0) is 0 Å². The Morgan fingerprint density at radius 2 is 1.50 bits per heavy atom. The Hall–Kier alpha value is 1.53. The predicted molar refractivity (Wildman–Crippen MR) is 35.9 cm³/mol. The summed E-state index contributed by atoms with van der Waals surface area (Å²) in [4.78, 5) is 0. The van der Waals surface area contributed by atoms with E-state index in [-0.39, 0.29) is 51.2 Å². The van der Waals surface area contributed by atoms with Crippen molar-refractivity contribution in [1.82, 2.24) is 0 Å². The molecule has 0 aliphatic heterocycles. The third-order valence-corrected chi connectivity index (χ3v) is 0.500. The second kappa shape index (κ2) is 16.0. The Kier molecular flexibility index (Phi) is 41.8. The van der Waals surface area contributed by atoms with E-state index in [1.54, 1.807) is 0 Å². The van der Waals surface area contributed by atoms with Gasteiger partial charge in [-0.25, -0.2) is 0 Å². The maximum atomic E-state index is 2.18. The molecule has 0 spiro atoms. The van der Waals surface area contributed by atoms with Crippen LogP contribution in [-0.4, -0.2) is 17.4 Å². The maximum Gasteiger partial charge on any atom is 1.00 e. The van der Waals surface area contributed by atoms with Gasteiger partial charge in [0.05, 0.1) is 0 Å². The molecule has 0 aromatic rings. The predicted octanol–water partition coefficient (Wildman–Crippen LogP) is -1.77. The number of hydrogen-bond donors (Lipinski definition) is 0. The van der Waals surface area contributed by atoms with Gasteiger partial charge < -0.3 is 1.43 Å². The molecule has 0 radical (unpaired) electrons. The van der Waals surface area contributed by atoms with Crippen LogP contribution in [-0.2, 0) is 0 Å². The van der Waals surface area contributed by atoms with Crippen LogP contribution in [0.5, 0.6) is 0 Å². The molecule has 0 aromatic carbocycles. The quantitative estimate of drug-likeness (QED) is 0.356. The van der Waals surface area contributed by atoms with Gasteiger partial charge in [-0.15, -0.1) is 0 Å². The van der Waals surface area contributed by atoms with Crippen molar-refractivity contribution in [2.45, 2.75) is 26.7 Å². The Bertz CT molecular complexity index is 17.8. The van der Waals surface area contributed by atoms with Crippen LogP contribution in [0.4, 0.5) is 0 Å². The first kappa shape index (κ1) is 15.6. The zero-order chi connectivity index (χ0) is 3.41. The first-order valence-corrected chi connectivity index (χ1v) is 1.91. The number of hydrogen-bond acceptors (Lipinski definition) is 0. The smallest absolute Gasteiger partial charge is 1.00 e. The fourth-order valence-corrected chi connectivity index (χ4v) is 0. The van der Waals surface area contributed by atoms with E-state index in [0.29, 0.717) is 0 Å². The first-order chi connectivity index (χ1) is 1.91. The van der Waals surface area contributed by atoms with Crippen LogP contribution in [0.3, 0.4) is 0 Å². The van der Waals surface area contributed by atoms with E-state index < -0.39 is 0 Å². The molecule has 0 aliphatic rings. The van der Waals surface area contributed by atoms with Crippen LogP contribution in [0.2, 0.25) is 0 Å². The molecule has 0 nitrogen and oxygen atoms in total. The minimum Gasteiger partial charge on any atom is -1.00 e. The standard InChI is InChI=1S/C4H10.Al.Na.2H2.4H/c1-3-4-2;;;;;;;;/h3-4H2,1-2H3;;;2*1H;;;;/q;;+1;;;;;;-1. The summed E-state index contributed by atoms with van der Waals surface area (Å²) < 4.78 is 0. The molecule has 0 N–H and O–H groups in total. The molecular weight excluding hydrogens is 98.0 g/mol. The van der Waals surface area contributed by atoms with Crippen LogP contribution in [0.15, 0.2) is 0 Å². The van der Waals surface area contributed by atoms with E-state index in [1.165, 1.54) is 12.8 Å². The van der Waals surface area contributed by atoms with Gasteiger partial charge in [0.1, 0.15) is 0 Å². The summed E-state index contributed by atoms with van der Waals surface area (Å²) in [5.74, 6) is 0. The molecule has 38 valence electrons.